The summed E-state index contributed by atoms with van der Waals surface area (Å²) in [5, 5.41) is 5.06. The first-order valence-corrected chi connectivity index (χ1v) is 6.30. The van der Waals surface area contributed by atoms with Crippen molar-refractivity contribution in [2.45, 2.75) is 12.8 Å². The Hall–Kier alpha value is -2.03. The van der Waals surface area contributed by atoms with E-state index in [9.17, 15) is 4.79 Å². The van der Waals surface area contributed by atoms with E-state index < -0.39 is 0 Å². The average molecular weight is 240 g/mol. The second-order valence-electron chi connectivity index (χ2n) is 4.94. The number of nitrogens with one attached hydrogen (secondary N) is 1. The summed E-state index contributed by atoms with van der Waals surface area (Å²) in [6.45, 7) is 0.769. The zero-order valence-corrected chi connectivity index (χ0v) is 10.1. The van der Waals surface area contributed by atoms with Gasteiger partial charge in [-0.3, -0.25) is 4.79 Å². The summed E-state index contributed by atoms with van der Waals surface area (Å²) in [5.41, 5.74) is 7.07. The number of nitrogen functional groups attached to an aromatic ring is 1. The lowest BCUT2D eigenvalue weighted by Crippen LogP contribution is -2.26. The Kier molecular flexibility index (Phi) is 2.67. The van der Waals surface area contributed by atoms with Crippen molar-refractivity contribution in [3.8, 4) is 0 Å². The van der Waals surface area contributed by atoms with Gasteiger partial charge in [0.2, 0.25) is 0 Å². The zero-order valence-electron chi connectivity index (χ0n) is 10.1. The molecule has 2 aromatic rings. The number of carbonyl (C=O) groups is 1. The van der Waals surface area contributed by atoms with Crippen molar-refractivity contribution >= 4 is 22.4 Å². The van der Waals surface area contributed by atoms with Crippen LogP contribution in [0.4, 0.5) is 5.69 Å². The standard InChI is InChI=1S/C15H16N2O/c16-14-8-12-4-2-1-3-11(12)7-13(14)15(18)17-9-10-5-6-10/h1-4,7-8,10H,5-6,9,16H2,(H,17,18). The maximum atomic E-state index is 12.1. The molecule has 1 amide bonds. The number of hydrogen-bond donors (Lipinski definition) is 2. The van der Waals surface area contributed by atoms with Crippen molar-refractivity contribution in [3.05, 3.63) is 42.0 Å². The fourth-order valence-electron chi connectivity index (χ4n) is 2.11. The molecule has 0 aromatic heterocycles. The zero-order chi connectivity index (χ0) is 12.5. The Morgan fingerprint density at radius 1 is 1.22 bits per heavy atom. The molecule has 1 fully saturated rings. The minimum absolute atomic E-state index is 0.0647. The van der Waals surface area contributed by atoms with Crippen LogP contribution in [0.5, 0.6) is 0 Å². The van der Waals surface area contributed by atoms with Crippen LogP contribution in [0.15, 0.2) is 36.4 Å². The molecule has 0 aliphatic heterocycles. The summed E-state index contributed by atoms with van der Waals surface area (Å²) in [5.74, 6) is 0.612. The Balaban J connectivity index is 1.89. The molecule has 3 heteroatoms. The maximum Gasteiger partial charge on any atom is 0.253 e. The molecule has 0 unspecified atom stereocenters. The largest absolute Gasteiger partial charge is 0.398 e. The van der Waals surface area contributed by atoms with E-state index in [0.717, 1.165) is 17.3 Å². The van der Waals surface area contributed by atoms with E-state index in [1.54, 1.807) is 0 Å². The summed E-state index contributed by atoms with van der Waals surface area (Å²) >= 11 is 0. The summed E-state index contributed by atoms with van der Waals surface area (Å²) in [6.07, 6.45) is 2.46. The molecule has 0 bridgehead atoms. The van der Waals surface area contributed by atoms with Crippen molar-refractivity contribution in [1.82, 2.24) is 5.32 Å². The highest BCUT2D eigenvalue weighted by Crippen LogP contribution is 2.28. The number of carbonyl (C=O) groups excluding carboxylic acids is 1. The SMILES string of the molecule is Nc1cc2ccccc2cc1C(=O)NCC1CC1. The van der Waals surface area contributed by atoms with Gasteiger partial charge in [-0.1, -0.05) is 24.3 Å². The molecule has 2 aromatic carbocycles. The Labute approximate surface area is 106 Å². The van der Waals surface area contributed by atoms with Crippen LogP contribution in [0.3, 0.4) is 0 Å². The molecular formula is C15H16N2O. The molecule has 0 radical (unpaired) electrons. The molecular weight excluding hydrogens is 224 g/mol. The number of rotatable bonds is 3. The van der Waals surface area contributed by atoms with Gasteiger partial charge in [-0.05, 0) is 41.7 Å². The van der Waals surface area contributed by atoms with Gasteiger partial charge in [-0.15, -0.1) is 0 Å². The van der Waals surface area contributed by atoms with Crippen LogP contribution in [0.2, 0.25) is 0 Å². The van der Waals surface area contributed by atoms with Crippen molar-refractivity contribution in [1.29, 1.82) is 0 Å². The Bertz CT molecular complexity index is 602. The highest BCUT2D eigenvalue weighted by Gasteiger charge is 2.22. The number of anilines is 1. The molecule has 0 heterocycles. The minimum atomic E-state index is -0.0647. The lowest BCUT2D eigenvalue weighted by molar-refractivity contribution is 0.0953. The van der Waals surface area contributed by atoms with Gasteiger partial charge in [-0.25, -0.2) is 0 Å². The van der Waals surface area contributed by atoms with Crippen LogP contribution in [0, 0.1) is 5.92 Å². The van der Waals surface area contributed by atoms with Crippen molar-refractivity contribution in [2.75, 3.05) is 12.3 Å². The van der Waals surface area contributed by atoms with E-state index >= 15 is 0 Å². The van der Waals surface area contributed by atoms with Crippen LogP contribution in [0.25, 0.3) is 10.8 Å². The van der Waals surface area contributed by atoms with Gasteiger partial charge >= 0.3 is 0 Å². The van der Waals surface area contributed by atoms with Gasteiger partial charge in [0, 0.05) is 12.2 Å². The first kappa shape index (κ1) is 11.1. The third-order valence-corrected chi connectivity index (χ3v) is 3.41. The van der Waals surface area contributed by atoms with E-state index in [-0.39, 0.29) is 5.91 Å². The molecule has 3 N–H and O–H groups in total. The van der Waals surface area contributed by atoms with Crippen LogP contribution in [-0.2, 0) is 0 Å². The summed E-state index contributed by atoms with van der Waals surface area (Å²) < 4.78 is 0. The molecule has 0 saturated heterocycles. The minimum Gasteiger partial charge on any atom is -0.398 e. The van der Waals surface area contributed by atoms with Crippen LogP contribution >= 0.6 is 0 Å². The predicted octanol–water partition coefficient (Wildman–Crippen LogP) is 2.56. The topological polar surface area (TPSA) is 55.1 Å². The molecule has 18 heavy (non-hydrogen) atoms. The lowest BCUT2D eigenvalue weighted by Gasteiger charge is -2.08. The number of nitrogens with two attached hydrogens (primary N) is 1. The quantitative estimate of drug-likeness (QED) is 0.810. The molecule has 1 saturated carbocycles. The van der Waals surface area contributed by atoms with Crippen molar-refractivity contribution < 1.29 is 4.79 Å². The van der Waals surface area contributed by atoms with Crippen molar-refractivity contribution in [2.24, 2.45) is 5.92 Å². The molecule has 0 atom stereocenters. The van der Waals surface area contributed by atoms with E-state index in [4.69, 9.17) is 5.73 Å². The lowest BCUT2D eigenvalue weighted by atomic mass is 10.0. The molecule has 92 valence electrons. The fourth-order valence-corrected chi connectivity index (χ4v) is 2.11. The van der Waals surface area contributed by atoms with Gasteiger partial charge in [-0.2, -0.15) is 0 Å². The molecule has 1 aliphatic rings. The molecule has 3 rings (SSSR count). The summed E-state index contributed by atoms with van der Waals surface area (Å²) in [4.78, 5) is 12.1. The number of benzene rings is 2. The maximum absolute atomic E-state index is 12.1. The average Bonchev–Trinajstić information content (AvgIpc) is 3.19. The van der Waals surface area contributed by atoms with E-state index in [0.29, 0.717) is 17.2 Å². The predicted molar refractivity (Wildman–Crippen MR) is 73.4 cm³/mol. The number of amides is 1. The first-order valence-electron chi connectivity index (χ1n) is 6.30. The van der Waals surface area contributed by atoms with Crippen LogP contribution < -0.4 is 11.1 Å². The molecule has 1 aliphatic carbocycles. The van der Waals surface area contributed by atoms with Gasteiger partial charge in [0.1, 0.15) is 0 Å². The van der Waals surface area contributed by atoms with Gasteiger partial charge in [0.15, 0.2) is 0 Å². The molecule has 0 spiro atoms. The van der Waals surface area contributed by atoms with E-state index in [1.807, 2.05) is 36.4 Å². The van der Waals surface area contributed by atoms with Gasteiger partial charge < -0.3 is 11.1 Å². The normalized spacial score (nSPS) is 14.7. The summed E-state index contributed by atoms with van der Waals surface area (Å²) in [7, 11) is 0. The first-order chi connectivity index (χ1) is 8.74. The van der Waals surface area contributed by atoms with E-state index in [1.165, 1.54) is 12.8 Å². The third-order valence-electron chi connectivity index (χ3n) is 3.41. The Morgan fingerprint density at radius 3 is 2.56 bits per heavy atom. The second-order valence-corrected chi connectivity index (χ2v) is 4.94. The van der Waals surface area contributed by atoms with Gasteiger partial charge in [0.25, 0.3) is 5.91 Å². The number of hydrogen-bond acceptors (Lipinski definition) is 2. The van der Waals surface area contributed by atoms with Crippen LogP contribution in [0.1, 0.15) is 23.2 Å². The third kappa shape index (κ3) is 2.16. The van der Waals surface area contributed by atoms with E-state index in [2.05, 4.69) is 5.32 Å². The van der Waals surface area contributed by atoms with Crippen molar-refractivity contribution in [3.63, 3.8) is 0 Å². The molecule has 3 nitrogen and oxygen atoms in total. The summed E-state index contributed by atoms with van der Waals surface area (Å²) in [6, 6.07) is 11.7. The second kappa shape index (κ2) is 4.33. The smallest absolute Gasteiger partial charge is 0.253 e. The van der Waals surface area contributed by atoms with Crippen LogP contribution in [-0.4, -0.2) is 12.5 Å². The highest BCUT2D eigenvalue weighted by molar-refractivity contribution is 6.03. The highest BCUT2D eigenvalue weighted by atomic mass is 16.1. The Morgan fingerprint density at radius 2 is 1.89 bits per heavy atom. The number of fused-ring (bicyclic) bond motifs is 1. The fraction of sp³-hybridized carbons (Fsp3) is 0.267. The van der Waals surface area contributed by atoms with Gasteiger partial charge in [0.05, 0.1) is 5.56 Å². The monoisotopic (exact) mass is 240 g/mol.